The van der Waals surface area contributed by atoms with Crippen molar-refractivity contribution in [3.05, 3.63) is 22.8 Å². The SMILES string of the molecule is Cc1cc(C)c2c(c1C)OC(C)(C)CCN2. The summed E-state index contributed by atoms with van der Waals surface area (Å²) in [7, 11) is 0. The molecule has 0 aromatic heterocycles. The highest BCUT2D eigenvalue weighted by Gasteiger charge is 2.26. The average Bonchev–Trinajstić information content (AvgIpc) is 2.33. The van der Waals surface area contributed by atoms with Gasteiger partial charge in [0.05, 0.1) is 5.69 Å². The van der Waals surface area contributed by atoms with Crippen molar-refractivity contribution in [2.45, 2.75) is 46.6 Å². The van der Waals surface area contributed by atoms with Gasteiger partial charge in [0, 0.05) is 13.0 Å². The van der Waals surface area contributed by atoms with E-state index < -0.39 is 0 Å². The molecule has 2 nitrogen and oxygen atoms in total. The second-order valence-corrected chi connectivity index (χ2v) is 5.38. The Morgan fingerprint density at radius 2 is 1.88 bits per heavy atom. The molecule has 88 valence electrons. The van der Waals surface area contributed by atoms with Crippen molar-refractivity contribution < 1.29 is 4.74 Å². The van der Waals surface area contributed by atoms with Gasteiger partial charge < -0.3 is 10.1 Å². The summed E-state index contributed by atoms with van der Waals surface area (Å²) in [4.78, 5) is 0. The lowest BCUT2D eigenvalue weighted by Gasteiger charge is -2.25. The molecule has 2 heteroatoms. The van der Waals surface area contributed by atoms with Crippen molar-refractivity contribution in [1.82, 2.24) is 0 Å². The first-order chi connectivity index (χ1) is 7.41. The van der Waals surface area contributed by atoms with Crippen LogP contribution in [0.25, 0.3) is 0 Å². The molecule has 16 heavy (non-hydrogen) atoms. The molecule has 0 saturated carbocycles. The molecule has 0 fully saturated rings. The molecule has 0 amide bonds. The summed E-state index contributed by atoms with van der Waals surface area (Å²) in [6.07, 6.45) is 1.03. The molecular formula is C14H21NO. The van der Waals surface area contributed by atoms with Crippen LogP contribution in [0, 0.1) is 20.8 Å². The summed E-state index contributed by atoms with van der Waals surface area (Å²) in [5, 5.41) is 3.49. The van der Waals surface area contributed by atoms with Crippen LogP contribution in [-0.2, 0) is 0 Å². The van der Waals surface area contributed by atoms with Gasteiger partial charge in [-0.2, -0.15) is 0 Å². The molecular weight excluding hydrogens is 198 g/mol. The second kappa shape index (κ2) is 3.69. The van der Waals surface area contributed by atoms with Crippen molar-refractivity contribution in [3.8, 4) is 5.75 Å². The van der Waals surface area contributed by atoms with E-state index in [0.29, 0.717) is 0 Å². The smallest absolute Gasteiger partial charge is 0.146 e. The fraction of sp³-hybridized carbons (Fsp3) is 0.571. The number of aryl methyl sites for hydroxylation is 2. The van der Waals surface area contributed by atoms with Crippen LogP contribution < -0.4 is 10.1 Å². The molecule has 1 aromatic carbocycles. The van der Waals surface area contributed by atoms with Crippen molar-refractivity contribution in [1.29, 1.82) is 0 Å². The molecule has 0 unspecified atom stereocenters. The lowest BCUT2D eigenvalue weighted by atomic mass is 10.0. The summed E-state index contributed by atoms with van der Waals surface area (Å²) in [5.74, 6) is 1.04. The molecule has 0 aliphatic carbocycles. The van der Waals surface area contributed by atoms with Crippen molar-refractivity contribution in [3.63, 3.8) is 0 Å². The van der Waals surface area contributed by atoms with Gasteiger partial charge in [-0.1, -0.05) is 6.07 Å². The largest absolute Gasteiger partial charge is 0.485 e. The van der Waals surface area contributed by atoms with Crippen LogP contribution in [-0.4, -0.2) is 12.1 Å². The summed E-state index contributed by atoms with van der Waals surface area (Å²) in [5.41, 5.74) is 4.92. The van der Waals surface area contributed by atoms with Crippen molar-refractivity contribution in [2.24, 2.45) is 0 Å². The number of anilines is 1. The van der Waals surface area contributed by atoms with Gasteiger partial charge in [-0.3, -0.25) is 0 Å². The van der Waals surface area contributed by atoms with Gasteiger partial charge in [0.15, 0.2) is 0 Å². The molecule has 0 radical (unpaired) electrons. The van der Waals surface area contributed by atoms with Crippen LogP contribution in [0.5, 0.6) is 5.75 Å². The normalized spacial score (nSPS) is 18.1. The fourth-order valence-corrected chi connectivity index (χ4v) is 2.21. The third-order valence-electron chi connectivity index (χ3n) is 3.39. The first-order valence-corrected chi connectivity index (χ1v) is 5.94. The van der Waals surface area contributed by atoms with E-state index in [2.05, 4.69) is 46.0 Å². The molecule has 1 heterocycles. The molecule has 0 bridgehead atoms. The third-order valence-corrected chi connectivity index (χ3v) is 3.39. The van der Waals surface area contributed by atoms with Gasteiger partial charge in [0.1, 0.15) is 11.4 Å². The van der Waals surface area contributed by atoms with Gasteiger partial charge in [0.2, 0.25) is 0 Å². The number of ether oxygens (including phenoxy) is 1. The van der Waals surface area contributed by atoms with Gasteiger partial charge in [-0.15, -0.1) is 0 Å². The minimum atomic E-state index is -0.0801. The highest BCUT2D eigenvalue weighted by molar-refractivity contribution is 5.67. The maximum atomic E-state index is 6.17. The molecule has 0 atom stereocenters. The average molecular weight is 219 g/mol. The predicted molar refractivity (Wildman–Crippen MR) is 68.5 cm³/mol. The van der Waals surface area contributed by atoms with Crippen LogP contribution in [0.3, 0.4) is 0 Å². The van der Waals surface area contributed by atoms with E-state index in [0.717, 1.165) is 18.7 Å². The lowest BCUT2D eigenvalue weighted by Crippen LogP contribution is -2.28. The molecule has 1 aromatic rings. The number of rotatable bonds is 0. The number of nitrogens with one attached hydrogen (secondary N) is 1. The number of benzene rings is 1. The Balaban J connectivity index is 2.58. The van der Waals surface area contributed by atoms with E-state index in [1.807, 2.05) is 0 Å². The first-order valence-electron chi connectivity index (χ1n) is 5.94. The lowest BCUT2D eigenvalue weighted by molar-refractivity contribution is 0.107. The maximum absolute atomic E-state index is 6.17. The van der Waals surface area contributed by atoms with Crippen molar-refractivity contribution >= 4 is 5.69 Å². The fourth-order valence-electron chi connectivity index (χ4n) is 2.21. The molecule has 0 saturated heterocycles. The van der Waals surface area contributed by atoms with E-state index in [9.17, 15) is 0 Å². The molecule has 1 aliphatic heterocycles. The monoisotopic (exact) mass is 219 g/mol. The second-order valence-electron chi connectivity index (χ2n) is 5.38. The van der Waals surface area contributed by atoms with Crippen LogP contribution in [0.1, 0.15) is 37.0 Å². The summed E-state index contributed by atoms with van der Waals surface area (Å²) in [6, 6.07) is 2.23. The Labute approximate surface area is 98.0 Å². The quantitative estimate of drug-likeness (QED) is 0.720. The zero-order valence-corrected chi connectivity index (χ0v) is 10.9. The standard InChI is InChI=1S/C14H21NO/c1-9-8-10(2)12-13(11(9)3)16-14(4,5)6-7-15-12/h8,15H,6-7H2,1-5H3. The minimum absolute atomic E-state index is 0.0801. The van der Waals surface area contributed by atoms with Crippen LogP contribution >= 0.6 is 0 Å². The van der Waals surface area contributed by atoms with Gasteiger partial charge in [0.25, 0.3) is 0 Å². The van der Waals surface area contributed by atoms with Crippen molar-refractivity contribution in [2.75, 3.05) is 11.9 Å². The van der Waals surface area contributed by atoms with Gasteiger partial charge >= 0.3 is 0 Å². The molecule has 0 spiro atoms. The Bertz CT molecular complexity index is 421. The summed E-state index contributed by atoms with van der Waals surface area (Å²) < 4.78 is 6.17. The van der Waals surface area contributed by atoms with Crippen LogP contribution in [0.2, 0.25) is 0 Å². The topological polar surface area (TPSA) is 21.3 Å². The molecule has 1 aliphatic rings. The zero-order valence-electron chi connectivity index (χ0n) is 10.9. The summed E-state index contributed by atoms with van der Waals surface area (Å²) in [6.45, 7) is 11.7. The van der Waals surface area contributed by atoms with E-state index in [4.69, 9.17) is 4.74 Å². The number of hydrogen-bond donors (Lipinski definition) is 1. The summed E-state index contributed by atoms with van der Waals surface area (Å²) >= 11 is 0. The Hall–Kier alpha value is -1.18. The van der Waals surface area contributed by atoms with E-state index in [1.54, 1.807) is 0 Å². The number of fused-ring (bicyclic) bond motifs is 1. The van der Waals surface area contributed by atoms with E-state index in [1.165, 1.54) is 22.4 Å². The van der Waals surface area contributed by atoms with E-state index in [-0.39, 0.29) is 5.60 Å². The van der Waals surface area contributed by atoms with E-state index >= 15 is 0 Å². The predicted octanol–water partition coefficient (Wildman–Crippen LogP) is 3.58. The highest BCUT2D eigenvalue weighted by Crippen LogP contribution is 2.39. The van der Waals surface area contributed by atoms with Gasteiger partial charge in [-0.25, -0.2) is 0 Å². The molecule has 2 rings (SSSR count). The first kappa shape index (κ1) is 11.3. The zero-order chi connectivity index (χ0) is 11.9. The maximum Gasteiger partial charge on any atom is 0.146 e. The Kier molecular flexibility index (Phi) is 2.61. The van der Waals surface area contributed by atoms with Crippen LogP contribution in [0.4, 0.5) is 5.69 Å². The molecule has 1 N–H and O–H groups in total. The number of hydrogen-bond acceptors (Lipinski definition) is 2. The third kappa shape index (κ3) is 1.89. The highest BCUT2D eigenvalue weighted by atomic mass is 16.5. The minimum Gasteiger partial charge on any atom is -0.485 e. The Morgan fingerprint density at radius 3 is 2.56 bits per heavy atom. The Morgan fingerprint density at radius 1 is 1.19 bits per heavy atom. The van der Waals surface area contributed by atoms with Gasteiger partial charge in [-0.05, 0) is 51.3 Å². The van der Waals surface area contributed by atoms with Crippen LogP contribution in [0.15, 0.2) is 6.07 Å².